The van der Waals surface area contributed by atoms with Crippen LogP contribution in [0.15, 0.2) is 47.4 Å². The summed E-state index contributed by atoms with van der Waals surface area (Å²) >= 11 is 0. The minimum absolute atomic E-state index is 0.0238. The standard InChI is InChI=1S/C21H21N5O7S/c1-12-19(20(22)27)23-25(14-5-8-16(32-2)9-6-14)21(12)33-17-10-7-15(26(28)29)11-18(17)34(30,31)24-13-3-4-13/h5-11,13,24H,3-4H2,1-2H3,(H2,22,27). The highest BCUT2D eigenvalue weighted by Crippen LogP contribution is 2.36. The highest BCUT2D eigenvalue weighted by Gasteiger charge is 2.32. The number of nitro groups is 1. The van der Waals surface area contributed by atoms with Gasteiger partial charge in [-0.2, -0.15) is 9.78 Å². The molecule has 2 aromatic carbocycles. The largest absolute Gasteiger partial charge is 0.497 e. The summed E-state index contributed by atoms with van der Waals surface area (Å²) in [5.74, 6) is -0.370. The Morgan fingerprint density at radius 3 is 2.47 bits per heavy atom. The molecule has 13 heteroatoms. The van der Waals surface area contributed by atoms with Crippen LogP contribution in [0.5, 0.6) is 17.4 Å². The zero-order valence-electron chi connectivity index (χ0n) is 18.2. The number of nitrogens with two attached hydrogens (primary N) is 1. The molecule has 1 amide bonds. The Balaban J connectivity index is 1.84. The number of hydrogen-bond donors (Lipinski definition) is 2. The average Bonchev–Trinajstić information content (AvgIpc) is 3.55. The maximum absolute atomic E-state index is 13.0. The fraction of sp³-hybridized carbons (Fsp3) is 0.238. The quantitative estimate of drug-likeness (QED) is 0.342. The van der Waals surface area contributed by atoms with Crippen LogP contribution >= 0.6 is 0 Å². The molecule has 1 aliphatic rings. The predicted octanol–water partition coefficient (Wildman–Crippen LogP) is 2.43. The minimum Gasteiger partial charge on any atom is -0.497 e. The van der Waals surface area contributed by atoms with E-state index in [4.69, 9.17) is 15.2 Å². The van der Waals surface area contributed by atoms with Crippen LogP contribution in [0, 0.1) is 17.0 Å². The summed E-state index contributed by atoms with van der Waals surface area (Å²) in [6.07, 6.45) is 1.35. The van der Waals surface area contributed by atoms with Gasteiger partial charge in [0.1, 0.15) is 16.4 Å². The lowest BCUT2D eigenvalue weighted by Crippen LogP contribution is -2.26. The molecule has 0 atom stereocenters. The third-order valence-electron chi connectivity index (χ3n) is 5.15. The van der Waals surface area contributed by atoms with Crippen molar-refractivity contribution in [2.45, 2.75) is 30.7 Å². The third-order valence-corrected chi connectivity index (χ3v) is 6.69. The lowest BCUT2D eigenvalue weighted by molar-refractivity contribution is -0.385. The number of carbonyl (C=O) groups is 1. The number of amides is 1. The third kappa shape index (κ3) is 4.56. The molecule has 0 bridgehead atoms. The average molecular weight is 487 g/mol. The molecule has 0 aliphatic heterocycles. The number of aromatic nitrogens is 2. The van der Waals surface area contributed by atoms with E-state index in [9.17, 15) is 23.3 Å². The summed E-state index contributed by atoms with van der Waals surface area (Å²) in [5, 5.41) is 15.5. The molecule has 1 heterocycles. The zero-order chi connectivity index (χ0) is 24.6. The van der Waals surface area contributed by atoms with E-state index in [1.165, 1.54) is 17.9 Å². The van der Waals surface area contributed by atoms with Crippen molar-refractivity contribution < 1.29 is 27.6 Å². The van der Waals surface area contributed by atoms with E-state index < -0.39 is 31.4 Å². The molecular weight excluding hydrogens is 466 g/mol. The van der Waals surface area contributed by atoms with E-state index in [2.05, 4.69) is 9.82 Å². The van der Waals surface area contributed by atoms with Gasteiger partial charge < -0.3 is 15.2 Å². The Kier molecular flexibility index (Phi) is 5.98. The maximum atomic E-state index is 13.0. The molecule has 1 saturated carbocycles. The molecule has 0 unspecified atom stereocenters. The number of primary amides is 1. The first-order valence-electron chi connectivity index (χ1n) is 10.1. The van der Waals surface area contributed by atoms with Crippen molar-refractivity contribution in [3.63, 3.8) is 0 Å². The monoisotopic (exact) mass is 487 g/mol. The summed E-state index contributed by atoms with van der Waals surface area (Å²) in [6.45, 7) is 1.55. The van der Waals surface area contributed by atoms with Crippen molar-refractivity contribution in [1.29, 1.82) is 0 Å². The highest BCUT2D eigenvalue weighted by atomic mass is 32.2. The number of methoxy groups -OCH3 is 1. The molecule has 34 heavy (non-hydrogen) atoms. The van der Waals surface area contributed by atoms with Crippen LogP contribution in [0.3, 0.4) is 0 Å². The molecule has 0 spiro atoms. The smallest absolute Gasteiger partial charge is 0.271 e. The van der Waals surface area contributed by atoms with Crippen LogP contribution in [0.1, 0.15) is 28.9 Å². The van der Waals surface area contributed by atoms with Gasteiger partial charge in [-0.1, -0.05) is 0 Å². The second-order valence-electron chi connectivity index (χ2n) is 7.64. The van der Waals surface area contributed by atoms with E-state index >= 15 is 0 Å². The van der Waals surface area contributed by atoms with Crippen molar-refractivity contribution in [2.24, 2.45) is 5.73 Å². The Morgan fingerprint density at radius 2 is 1.91 bits per heavy atom. The molecular formula is C21H21N5O7S. The van der Waals surface area contributed by atoms with Gasteiger partial charge in [0.2, 0.25) is 15.9 Å². The first-order chi connectivity index (χ1) is 16.1. The van der Waals surface area contributed by atoms with Gasteiger partial charge in [0.05, 0.1) is 17.7 Å². The van der Waals surface area contributed by atoms with E-state index in [1.54, 1.807) is 31.2 Å². The fourth-order valence-corrected chi connectivity index (χ4v) is 4.68. The number of carbonyl (C=O) groups excluding carboxylic acids is 1. The number of benzene rings is 2. The zero-order valence-corrected chi connectivity index (χ0v) is 19.0. The van der Waals surface area contributed by atoms with Crippen LogP contribution in [0.4, 0.5) is 5.69 Å². The molecule has 0 radical (unpaired) electrons. The van der Waals surface area contributed by atoms with Crippen molar-refractivity contribution in [2.75, 3.05) is 7.11 Å². The first-order valence-corrected chi connectivity index (χ1v) is 11.6. The van der Waals surface area contributed by atoms with Crippen LogP contribution in [-0.4, -0.2) is 42.2 Å². The van der Waals surface area contributed by atoms with Gasteiger partial charge in [0.25, 0.3) is 11.6 Å². The fourth-order valence-electron chi connectivity index (χ4n) is 3.23. The van der Waals surface area contributed by atoms with Crippen molar-refractivity contribution in [3.8, 4) is 23.1 Å². The highest BCUT2D eigenvalue weighted by molar-refractivity contribution is 7.89. The predicted molar refractivity (Wildman–Crippen MR) is 120 cm³/mol. The van der Waals surface area contributed by atoms with Crippen LogP contribution in [-0.2, 0) is 10.0 Å². The molecule has 1 aromatic heterocycles. The topological polar surface area (TPSA) is 169 Å². The van der Waals surface area contributed by atoms with Crippen LogP contribution in [0.2, 0.25) is 0 Å². The van der Waals surface area contributed by atoms with Gasteiger partial charge >= 0.3 is 0 Å². The first kappa shape index (κ1) is 23.2. The van der Waals surface area contributed by atoms with Gasteiger partial charge in [0.15, 0.2) is 5.69 Å². The number of sulfonamides is 1. The number of hydrogen-bond acceptors (Lipinski definition) is 8. The Bertz CT molecular complexity index is 1380. The molecule has 1 aliphatic carbocycles. The second-order valence-corrected chi connectivity index (χ2v) is 9.32. The van der Waals surface area contributed by atoms with Crippen molar-refractivity contribution in [3.05, 3.63) is 63.8 Å². The van der Waals surface area contributed by atoms with Crippen molar-refractivity contribution >= 4 is 21.6 Å². The molecule has 12 nitrogen and oxygen atoms in total. The number of nitro benzene ring substituents is 1. The Hall–Kier alpha value is -3.97. The van der Waals surface area contributed by atoms with E-state index in [0.29, 0.717) is 24.3 Å². The molecule has 3 aromatic rings. The number of nitrogens with one attached hydrogen (secondary N) is 1. The normalized spacial score (nSPS) is 13.5. The Labute approximate surface area is 194 Å². The van der Waals surface area contributed by atoms with E-state index in [-0.39, 0.29) is 28.9 Å². The van der Waals surface area contributed by atoms with Gasteiger partial charge in [-0.05, 0) is 50.1 Å². The minimum atomic E-state index is -4.13. The lowest BCUT2D eigenvalue weighted by Gasteiger charge is -2.14. The number of ether oxygens (including phenoxy) is 2. The number of rotatable bonds is 9. The van der Waals surface area contributed by atoms with Gasteiger partial charge in [-0.15, -0.1) is 0 Å². The summed E-state index contributed by atoms with van der Waals surface area (Å²) in [5.41, 5.74) is 5.71. The SMILES string of the molecule is COc1ccc(-n2nc(C(N)=O)c(C)c2Oc2ccc([N+](=O)[O-])cc2S(=O)(=O)NC2CC2)cc1. The molecule has 178 valence electrons. The Morgan fingerprint density at radius 1 is 1.24 bits per heavy atom. The summed E-state index contributed by atoms with van der Waals surface area (Å²) in [7, 11) is -2.62. The summed E-state index contributed by atoms with van der Waals surface area (Å²) < 4.78 is 40.8. The molecule has 0 saturated heterocycles. The molecule has 3 N–H and O–H groups in total. The molecule has 4 rings (SSSR count). The van der Waals surface area contributed by atoms with Crippen LogP contribution in [0.25, 0.3) is 5.69 Å². The van der Waals surface area contributed by atoms with E-state index in [0.717, 1.165) is 12.1 Å². The second kappa shape index (κ2) is 8.76. The van der Waals surface area contributed by atoms with Gasteiger partial charge in [-0.25, -0.2) is 13.1 Å². The molecule has 1 fully saturated rings. The van der Waals surface area contributed by atoms with Crippen molar-refractivity contribution in [1.82, 2.24) is 14.5 Å². The lowest BCUT2D eigenvalue weighted by atomic mass is 10.2. The van der Waals surface area contributed by atoms with E-state index in [1.807, 2.05) is 0 Å². The summed E-state index contributed by atoms with van der Waals surface area (Å²) in [4.78, 5) is 22.1. The summed E-state index contributed by atoms with van der Waals surface area (Å²) in [6, 6.07) is 9.67. The maximum Gasteiger partial charge on any atom is 0.271 e. The number of non-ortho nitro benzene ring substituents is 1. The number of nitrogens with zero attached hydrogens (tertiary/aromatic N) is 3. The van der Waals surface area contributed by atoms with Gasteiger partial charge in [-0.3, -0.25) is 14.9 Å². The van der Waals surface area contributed by atoms with Gasteiger partial charge in [0, 0.05) is 23.7 Å². The van der Waals surface area contributed by atoms with Crippen LogP contribution < -0.4 is 19.9 Å².